The number of carbonyl (C=O) groups excluding carboxylic acids is 1. The third-order valence-corrected chi connectivity index (χ3v) is 6.19. The Labute approximate surface area is 123 Å². The lowest BCUT2D eigenvalue weighted by molar-refractivity contribution is 0.1000. The molecule has 3 rings (SSSR count). The van der Waals surface area contributed by atoms with Crippen molar-refractivity contribution < 1.29 is 13.2 Å². The van der Waals surface area contributed by atoms with Crippen molar-refractivity contribution in [3.8, 4) is 0 Å². The average Bonchev–Trinajstić information content (AvgIpc) is 2.99. The molecule has 0 radical (unpaired) electrons. The third kappa shape index (κ3) is 2.63. The van der Waals surface area contributed by atoms with E-state index < -0.39 is 15.9 Å². The molecule has 1 amide bonds. The van der Waals surface area contributed by atoms with E-state index in [-0.39, 0.29) is 22.2 Å². The van der Waals surface area contributed by atoms with Crippen LogP contribution in [0.1, 0.15) is 36.0 Å². The van der Waals surface area contributed by atoms with Crippen LogP contribution in [-0.2, 0) is 10.0 Å². The molecule has 0 saturated heterocycles. The molecular weight excluding hydrogens is 290 g/mol. The van der Waals surface area contributed by atoms with Crippen molar-refractivity contribution in [3.05, 3.63) is 23.8 Å². The van der Waals surface area contributed by atoms with Crippen LogP contribution in [0.2, 0.25) is 0 Å². The van der Waals surface area contributed by atoms with Crippen molar-refractivity contribution in [2.24, 2.45) is 17.6 Å². The van der Waals surface area contributed by atoms with Crippen LogP contribution in [0.3, 0.4) is 0 Å². The molecule has 2 aliphatic rings. The maximum absolute atomic E-state index is 12.5. The van der Waals surface area contributed by atoms with Crippen molar-refractivity contribution in [1.82, 2.24) is 4.72 Å². The fraction of sp³-hybridized carbons (Fsp3) is 0.500. The lowest BCUT2D eigenvalue weighted by atomic mass is 9.96. The lowest BCUT2D eigenvalue weighted by Gasteiger charge is -2.23. The summed E-state index contributed by atoms with van der Waals surface area (Å²) in [5.74, 6) is 0.458. The van der Waals surface area contributed by atoms with Gasteiger partial charge in [0.2, 0.25) is 15.9 Å². The van der Waals surface area contributed by atoms with Crippen molar-refractivity contribution in [3.63, 3.8) is 0 Å². The normalized spacial score (nSPS) is 27.9. The molecule has 3 unspecified atom stereocenters. The second-order valence-corrected chi connectivity index (χ2v) is 7.70. The van der Waals surface area contributed by atoms with E-state index in [9.17, 15) is 13.2 Å². The molecule has 5 N–H and O–H groups in total. The first kappa shape index (κ1) is 14.3. The highest BCUT2D eigenvalue weighted by molar-refractivity contribution is 7.89. The molecule has 3 atom stereocenters. The summed E-state index contributed by atoms with van der Waals surface area (Å²) in [5, 5.41) is 0. The molecule has 0 heterocycles. The number of primary amides is 1. The van der Waals surface area contributed by atoms with Crippen LogP contribution >= 0.6 is 0 Å². The third-order valence-electron chi connectivity index (χ3n) is 4.63. The van der Waals surface area contributed by atoms with Crippen LogP contribution in [0, 0.1) is 11.8 Å². The van der Waals surface area contributed by atoms with Crippen LogP contribution < -0.4 is 16.2 Å². The smallest absolute Gasteiger partial charge is 0.248 e. The molecule has 1 aromatic rings. The number of rotatable bonds is 4. The van der Waals surface area contributed by atoms with Gasteiger partial charge in [0, 0.05) is 11.6 Å². The molecule has 7 heteroatoms. The monoisotopic (exact) mass is 309 g/mol. The predicted molar refractivity (Wildman–Crippen MR) is 78.9 cm³/mol. The van der Waals surface area contributed by atoms with E-state index in [1.807, 2.05) is 0 Å². The van der Waals surface area contributed by atoms with Crippen LogP contribution in [-0.4, -0.2) is 20.4 Å². The summed E-state index contributed by atoms with van der Waals surface area (Å²) in [6, 6.07) is 4.03. The molecule has 2 aliphatic carbocycles. The Morgan fingerprint density at radius 3 is 2.52 bits per heavy atom. The first-order valence-electron chi connectivity index (χ1n) is 7.08. The largest absolute Gasteiger partial charge is 0.398 e. The molecule has 0 spiro atoms. The number of hydrogen-bond acceptors (Lipinski definition) is 4. The predicted octanol–water partition coefficient (Wildman–Crippen LogP) is 0.835. The van der Waals surface area contributed by atoms with Crippen LogP contribution in [0.25, 0.3) is 0 Å². The number of amides is 1. The van der Waals surface area contributed by atoms with E-state index in [0.717, 1.165) is 19.3 Å². The van der Waals surface area contributed by atoms with Gasteiger partial charge in [0.15, 0.2) is 0 Å². The molecule has 1 aromatic carbocycles. The number of sulfonamides is 1. The van der Waals surface area contributed by atoms with Gasteiger partial charge in [0.05, 0.1) is 5.69 Å². The highest BCUT2D eigenvalue weighted by atomic mass is 32.2. The second-order valence-electron chi connectivity index (χ2n) is 6.02. The number of nitrogen functional groups attached to an aromatic ring is 1. The van der Waals surface area contributed by atoms with Gasteiger partial charge >= 0.3 is 0 Å². The Kier molecular flexibility index (Phi) is 3.41. The number of carbonyl (C=O) groups is 1. The summed E-state index contributed by atoms with van der Waals surface area (Å²) >= 11 is 0. The first-order valence-corrected chi connectivity index (χ1v) is 8.57. The summed E-state index contributed by atoms with van der Waals surface area (Å²) < 4.78 is 27.7. The van der Waals surface area contributed by atoms with Crippen molar-refractivity contribution in [1.29, 1.82) is 0 Å². The highest BCUT2D eigenvalue weighted by Crippen LogP contribution is 2.44. The number of nitrogens with one attached hydrogen (secondary N) is 1. The molecule has 114 valence electrons. The molecule has 2 fully saturated rings. The topological polar surface area (TPSA) is 115 Å². The number of hydrogen-bond donors (Lipinski definition) is 3. The maximum atomic E-state index is 12.5. The van der Waals surface area contributed by atoms with Crippen LogP contribution in [0.4, 0.5) is 5.69 Å². The second kappa shape index (κ2) is 4.99. The van der Waals surface area contributed by atoms with Gasteiger partial charge in [-0.2, -0.15) is 0 Å². The molecular formula is C14H19N3O3S. The summed E-state index contributed by atoms with van der Waals surface area (Å²) in [5.41, 5.74) is 11.2. The zero-order valence-corrected chi connectivity index (χ0v) is 12.4. The van der Waals surface area contributed by atoms with Crippen molar-refractivity contribution >= 4 is 21.6 Å². The molecule has 6 nitrogen and oxygen atoms in total. The molecule has 21 heavy (non-hydrogen) atoms. The zero-order chi connectivity index (χ0) is 15.2. The number of fused-ring (bicyclic) bond motifs is 2. The minimum absolute atomic E-state index is 0.00367. The Morgan fingerprint density at radius 2 is 2.00 bits per heavy atom. The summed E-state index contributed by atoms with van der Waals surface area (Å²) in [6.45, 7) is 0. The van der Waals surface area contributed by atoms with E-state index >= 15 is 0 Å². The van der Waals surface area contributed by atoms with Gasteiger partial charge in [-0.25, -0.2) is 13.1 Å². The zero-order valence-electron chi connectivity index (χ0n) is 11.6. The van der Waals surface area contributed by atoms with Gasteiger partial charge in [-0.15, -0.1) is 0 Å². The van der Waals surface area contributed by atoms with Gasteiger partial charge < -0.3 is 11.5 Å². The number of nitrogens with two attached hydrogens (primary N) is 2. The van der Waals surface area contributed by atoms with Gasteiger partial charge in [-0.05, 0) is 49.3 Å². The fourth-order valence-electron chi connectivity index (χ4n) is 3.60. The lowest BCUT2D eigenvalue weighted by Crippen LogP contribution is -2.38. The SMILES string of the molecule is NC(=O)c1ccc(S(=O)(=O)NC2CC3CCC2C3)c(N)c1. The Hall–Kier alpha value is -1.60. The van der Waals surface area contributed by atoms with E-state index in [1.54, 1.807) is 0 Å². The van der Waals surface area contributed by atoms with Gasteiger partial charge in [0.1, 0.15) is 4.90 Å². The fourth-order valence-corrected chi connectivity index (χ4v) is 5.03. The van der Waals surface area contributed by atoms with E-state index in [2.05, 4.69) is 4.72 Å². The quantitative estimate of drug-likeness (QED) is 0.714. The van der Waals surface area contributed by atoms with E-state index in [1.165, 1.54) is 24.6 Å². The minimum atomic E-state index is -3.67. The summed E-state index contributed by atoms with van der Waals surface area (Å²) in [4.78, 5) is 11.1. The summed E-state index contributed by atoms with van der Waals surface area (Å²) in [7, 11) is -3.67. The Bertz CT molecular complexity index is 687. The summed E-state index contributed by atoms with van der Waals surface area (Å²) in [6.07, 6.45) is 4.32. The van der Waals surface area contributed by atoms with E-state index in [4.69, 9.17) is 11.5 Å². The average molecular weight is 309 g/mol. The minimum Gasteiger partial charge on any atom is -0.398 e. The Balaban J connectivity index is 1.83. The molecule has 2 saturated carbocycles. The Morgan fingerprint density at radius 1 is 1.24 bits per heavy atom. The molecule has 0 aromatic heterocycles. The van der Waals surface area contributed by atoms with Gasteiger partial charge in [0.25, 0.3) is 0 Å². The number of benzene rings is 1. The first-order chi connectivity index (χ1) is 9.87. The number of anilines is 1. The van der Waals surface area contributed by atoms with Gasteiger partial charge in [-0.3, -0.25) is 4.79 Å². The highest BCUT2D eigenvalue weighted by Gasteiger charge is 2.41. The van der Waals surface area contributed by atoms with E-state index in [0.29, 0.717) is 11.8 Å². The van der Waals surface area contributed by atoms with Gasteiger partial charge in [-0.1, -0.05) is 6.42 Å². The van der Waals surface area contributed by atoms with Crippen LogP contribution in [0.15, 0.2) is 23.1 Å². The van der Waals surface area contributed by atoms with Crippen LogP contribution in [0.5, 0.6) is 0 Å². The molecule has 0 aliphatic heterocycles. The molecule has 2 bridgehead atoms. The standard InChI is InChI=1S/C14H19N3O3S/c15-11-7-10(14(16)18)3-4-13(11)21(19,20)17-12-6-8-1-2-9(12)5-8/h3-4,7-9,12,17H,1-2,5-6,15H2,(H2,16,18). The van der Waals surface area contributed by atoms with Crippen molar-refractivity contribution in [2.45, 2.75) is 36.6 Å². The maximum Gasteiger partial charge on any atom is 0.248 e. The van der Waals surface area contributed by atoms with Crippen molar-refractivity contribution in [2.75, 3.05) is 5.73 Å².